The molecule has 0 amide bonds. The van der Waals surface area contributed by atoms with E-state index in [1.165, 1.54) is 25.7 Å². The van der Waals surface area contributed by atoms with E-state index in [4.69, 9.17) is 5.11 Å². The van der Waals surface area contributed by atoms with Crippen molar-refractivity contribution in [3.05, 3.63) is 0 Å². The standard InChI is InChI=1S/C13H25NO2/c1-3-10(2)12(13(15)16)14-9-8-11-6-4-5-7-11/h10-12,14H,3-9H2,1-2H3,(H,15,16)/t10-,12-/m0/s1. The minimum absolute atomic E-state index is 0.209. The predicted molar refractivity (Wildman–Crippen MR) is 65.5 cm³/mol. The Morgan fingerprint density at radius 1 is 1.44 bits per heavy atom. The molecule has 0 unspecified atom stereocenters. The summed E-state index contributed by atoms with van der Waals surface area (Å²) in [7, 11) is 0. The van der Waals surface area contributed by atoms with Gasteiger partial charge in [-0.25, -0.2) is 0 Å². The quantitative estimate of drug-likeness (QED) is 0.703. The molecule has 2 atom stereocenters. The van der Waals surface area contributed by atoms with Crippen molar-refractivity contribution in [2.24, 2.45) is 11.8 Å². The summed E-state index contributed by atoms with van der Waals surface area (Å²) in [5.74, 6) is 0.334. The Bertz CT molecular complexity index is 212. The highest BCUT2D eigenvalue weighted by Crippen LogP contribution is 2.27. The highest BCUT2D eigenvalue weighted by Gasteiger charge is 2.23. The molecule has 0 spiro atoms. The van der Waals surface area contributed by atoms with Gasteiger partial charge in [-0.1, -0.05) is 46.0 Å². The molecule has 0 bridgehead atoms. The molecule has 0 aromatic rings. The lowest BCUT2D eigenvalue weighted by molar-refractivity contribution is -0.140. The van der Waals surface area contributed by atoms with Gasteiger partial charge in [0.1, 0.15) is 6.04 Å². The summed E-state index contributed by atoms with van der Waals surface area (Å²) in [4.78, 5) is 11.1. The first-order valence-corrected chi connectivity index (χ1v) is 6.61. The van der Waals surface area contributed by atoms with Crippen molar-refractivity contribution in [2.45, 2.75) is 58.4 Å². The molecule has 0 aliphatic heterocycles. The van der Waals surface area contributed by atoms with Crippen LogP contribution in [0.2, 0.25) is 0 Å². The SMILES string of the molecule is CC[C@H](C)[C@H](NCCC1CCCC1)C(=O)O. The van der Waals surface area contributed by atoms with Crippen molar-refractivity contribution in [1.29, 1.82) is 0 Å². The Kier molecular flexibility index (Phi) is 5.81. The van der Waals surface area contributed by atoms with Crippen LogP contribution in [0.3, 0.4) is 0 Å². The zero-order valence-corrected chi connectivity index (χ0v) is 10.5. The minimum Gasteiger partial charge on any atom is -0.480 e. The van der Waals surface area contributed by atoms with E-state index in [1.807, 2.05) is 13.8 Å². The normalized spacial score (nSPS) is 20.9. The summed E-state index contributed by atoms with van der Waals surface area (Å²) in [5, 5.41) is 12.3. The Morgan fingerprint density at radius 3 is 2.56 bits per heavy atom. The lowest BCUT2D eigenvalue weighted by Gasteiger charge is -2.21. The van der Waals surface area contributed by atoms with Gasteiger partial charge < -0.3 is 10.4 Å². The predicted octanol–water partition coefficient (Wildman–Crippen LogP) is 2.66. The molecule has 1 aliphatic carbocycles. The van der Waals surface area contributed by atoms with Crippen LogP contribution >= 0.6 is 0 Å². The van der Waals surface area contributed by atoms with E-state index in [2.05, 4.69) is 5.32 Å². The van der Waals surface area contributed by atoms with Gasteiger partial charge >= 0.3 is 5.97 Å². The smallest absolute Gasteiger partial charge is 0.320 e. The second kappa shape index (κ2) is 6.89. The lowest BCUT2D eigenvalue weighted by atomic mass is 9.98. The first-order chi connectivity index (χ1) is 7.65. The summed E-state index contributed by atoms with van der Waals surface area (Å²) in [6, 6.07) is -0.369. The van der Waals surface area contributed by atoms with Gasteiger partial charge in [-0.3, -0.25) is 4.79 Å². The van der Waals surface area contributed by atoms with E-state index in [9.17, 15) is 4.79 Å². The Hall–Kier alpha value is -0.570. The molecule has 3 heteroatoms. The first-order valence-electron chi connectivity index (χ1n) is 6.61. The minimum atomic E-state index is -0.708. The van der Waals surface area contributed by atoms with E-state index in [0.717, 1.165) is 25.3 Å². The largest absolute Gasteiger partial charge is 0.480 e. The molecule has 0 aromatic carbocycles. The van der Waals surface area contributed by atoms with Crippen LogP contribution in [-0.2, 0) is 4.79 Å². The van der Waals surface area contributed by atoms with Crippen molar-refractivity contribution in [1.82, 2.24) is 5.32 Å². The van der Waals surface area contributed by atoms with Crippen molar-refractivity contribution in [2.75, 3.05) is 6.54 Å². The third-order valence-corrected chi connectivity index (χ3v) is 3.87. The zero-order chi connectivity index (χ0) is 12.0. The van der Waals surface area contributed by atoms with E-state index < -0.39 is 5.97 Å². The molecular formula is C13H25NO2. The average molecular weight is 227 g/mol. The maximum atomic E-state index is 11.1. The van der Waals surface area contributed by atoms with Gasteiger partial charge in [-0.15, -0.1) is 0 Å². The molecule has 0 heterocycles. The number of hydrogen-bond donors (Lipinski definition) is 2. The van der Waals surface area contributed by atoms with Gasteiger partial charge in [0.2, 0.25) is 0 Å². The van der Waals surface area contributed by atoms with Gasteiger partial charge in [0.05, 0.1) is 0 Å². The van der Waals surface area contributed by atoms with Gasteiger partial charge in [-0.2, -0.15) is 0 Å². The molecule has 0 aromatic heterocycles. The number of aliphatic carboxylic acids is 1. The fourth-order valence-electron chi connectivity index (χ4n) is 2.51. The number of nitrogens with one attached hydrogen (secondary N) is 1. The molecule has 16 heavy (non-hydrogen) atoms. The van der Waals surface area contributed by atoms with Crippen LogP contribution in [-0.4, -0.2) is 23.7 Å². The van der Waals surface area contributed by atoms with Gasteiger partial charge in [0.15, 0.2) is 0 Å². The Morgan fingerprint density at radius 2 is 2.06 bits per heavy atom. The molecule has 0 radical (unpaired) electrons. The van der Waals surface area contributed by atoms with E-state index in [0.29, 0.717) is 0 Å². The fourth-order valence-corrected chi connectivity index (χ4v) is 2.51. The number of carboxylic acids is 1. The maximum Gasteiger partial charge on any atom is 0.320 e. The fraction of sp³-hybridized carbons (Fsp3) is 0.923. The summed E-state index contributed by atoms with van der Waals surface area (Å²) in [6.45, 7) is 4.90. The molecule has 1 saturated carbocycles. The maximum absolute atomic E-state index is 11.1. The van der Waals surface area contributed by atoms with Crippen LogP contribution in [0, 0.1) is 11.8 Å². The van der Waals surface area contributed by atoms with E-state index >= 15 is 0 Å². The molecule has 0 saturated heterocycles. The lowest BCUT2D eigenvalue weighted by Crippen LogP contribution is -2.42. The monoisotopic (exact) mass is 227 g/mol. The second-order valence-corrected chi connectivity index (χ2v) is 5.09. The summed E-state index contributed by atoms with van der Waals surface area (Å²) in [5.41, 5.74) is 0. The first kappa shape index (κ1) is 13.5. The van der Waals surface area contributed by atoms with Crippen molar-refractivity contribution >= 4 is 5.97 Å². The van der Waals surface area contributed by atoms with Crippen LogP contribution < -0.4 is 5.32 Å². The van der Waals surface area contributed by atoms with Crippen LogP contribution in [0.4, 0.5) is 0 Å². The molecule has 94 valence electrons. The summed E-state index contributed by atoms with van der Waals surface area (Å²) >= 11 is 0. The highest BCUT2D eigenvalue weighted by molar-refractivity contribution is 5.73. The van der Waals surface area contributed by atoms with Gasteiger partial charge in [-0.05, 0) is 24.8 Å². The molecule has 1 fully saturated rings. The van der Waals surface area contributed by atoms with Crippen LogP contribution in [0.25, 0.3) is 0 Å². The molecular weight excluding hydrogens is 202 g/mol. The number of carboxylic acid groups (broad SMARTS) is 1. The zero-order valence-electron chi connectivity index (χ0n) is 10.5. The number of carbonyl (C=O) groups is 1. The van der Waals surface area contributed by atoms with Crippen LogP contribution in [0.5, 0.6) is 0 Å². The highest BCUT2D eigenvalue weighted by atomic mass is 16.4. The number of rotatable bonds is 7. The van der Waals surface area contributed by atoms with Crippen LogP contribution in [0.15, 0.2) is 0 Å². The van der Waals surface area contributed by atoms with Crippen molar-refractivity contribution < 1.29 is 9.90 Å². The Labute approximate surface area is 98.6 Å². The summed E-state index contributed by atoms with van der Waals surface area (Å²) in [6.07, 6.45) is 7.44. The summed E-state index contributed by atoms with van der Waals surface area (Å²) < 4.78 is 0. The Balaban J connectivity index is 2.23. The number of hydrogen-bond acceptors (Lipinski definition) is 2. The van der Waals surface area contributed by atoms with Crippen molar-refractivity contribution in [3.8, 4) is 0 Å². The molecule has 3 nitrogen and oxygen atoms in total. The third-order valence-electron chi connectivity index (χ3n) is 3.87. The molecule has 1 rings (SSSR count). The van der Waals surface area contributed by atoms with Crippen molar-refractivity contribution in [3.63, 3.8) is 0 Å². The molecule has 1 aliphatic rings. The van der Waals surface area contributed by atoms with Gasteiger partial charge in [0, 0.05) is 0 Å². The average Bonchev–Trinajstić information content (AvgIpc) is 2.75. The van der Waals surface area contributed by atoms with Gasteiger partial charge in [0.25, 0.3) is 0 Å². The van der Waals surface area contributed by atoms with E-state index in [-0.39, 0.29) is 12.0 Å². The third kappa shape index (κ3) is 4.12. The van der Waals surface area contributed by atoms with E-state index in [1.54, 1.807) is 0 Å². The van der Waals surface area contributed by atoms with Crippen LogP contribution in [0.1, 0.15) is 52.4 Å². The topological polar surface area (TPSA) is 49.3 Å². The second-order valence-electron chi connectivity index (χ2n) is 5.09. The molecule has 2 N–H and O–H groups in total.